The van der Waals surface area contributed by atoms with Crippen LogP contribution >= 0.6 is 11.8 Å². The predicted molar refractivity (Wildman–Crippen MR) is 81.9 cm³/mol. The Morgan fingerprint density at radius 2 is 1.86 bits per heavy atom. The second-order valence-corrected chi connectivity index (χ2v) is 5.53. The summed E-state index contributed by atoms with van der Waals surface area (Å²) in [6.07, 6.45) is 1.90. The van der Waals surface area contributed by atoms with Crippen LogP contribution in [0.2, 0.25) is 0 Å². The van der Waals surface area contributed by atoms with Crippen molar-refractivity contribution < 1.29 is 13.2 Å². The lowest BCUT2D eigenvalue weighted by molar-refractivity contribution is -0.141. The van der Waals surface area contributed by atoms with E-state index < -0.39 is 11.9 Å². The maximum Gasteiger partial charge on any atom is 0.433 e. The van der Waals surface area contributed by atoms with Crippen LogP contribution in [0.25, 0.3) is 0 Å². The van der Waals surface area contributed by atoms with Crippen molar-refractivity contribution in [3.63, 3.8) is 0 Å². The number of aromatic nitrogens is 2. The molecule has 0 radical (unpaired) electrons. The van der Waals surface area contributed by atoms with E-state index in [1.807, 2.05) is 11.8 Å². The number of hydrogen-bond donors (Lipinski definition) is 2. The Hall–Kier alpha value is -1.18. The van der Waals surface area contributed by atoms with Crippen LogP contribution in [0.5, 0.6) is 0 Å². The van der Waals surface area contributed by atoms with Crippen LogP contribution < -0.4 is 10.6 Å². The second-order valence-electron chi connectivity index (χ2n) is 4.54. The summed E-state index contributed by atoms with van der Waals surface area (Å²) in [4.78, 5) is 7.39. The molecule has 120 valence electrons. The number of rotatable bonds is 9. The van der Waals surface area contributed by atoms with Gasteiger partial charge in [0, 0.05) is 19.7 Å². The van der Waals surface area contributed by atoms with Crippen molar-refractivity contribution in [3.05, 3.63) is 11.8 Å². The molecule has 0 saturated heterocycles. The summed E-state index contributed by atoms with van der Waals surface area (Å²) in [5.74, 6) is 1.32. The van der Waals surface area contributed by atoms with E-state index in [-0.39, 0.29) is 11.8 Å². The highest BCUT2D eigenvalue weighted by Gasteiger charge is 2.33. The van der Waals surface area contributed by atoms with E-state index in [1.54, 1.807) is 0 Å². The van der Waals surface area contributed by atoms with Crippen molar-refractivity contribution >= 4 is 23.5 Å². The number of unbranched alkanes of at least 4 members (excludes halogenated alkanes) is 3. The first-order chi connectivity index (χ1) is 9.97. The normalized spacial score (nSPS) is 11.5. The molecule has 2 N–H and O–H groups in total. The van der Waals surface area contributed by atoms with Crippen LogP contribution in [0.1, 0.15) is 31.4 Å². The van der Waals surface area contributed by atoms with E-state index in [2.05, 4.69) is 26.9 Å². The summed E-state index contributed by atoms with van der Waals surface area (Å²) in [6, 6.07) is 0.939. The largest absolute Gasteiger partial charge is 0.433 e. The average molecular weight is 322 g/mol. The molecule has 0 saturated carbocycles. The van der Waals surface area contributed by atoms with Gasteiger partial charge in [0.25, 0.3) is 0 Å². The molecule has 0 aliphatic heterocycles. The number of alkyl halides is 3. The van der Waals surface area contributed by atoms with Crippen molar-refractivity contribution in [2.75, 3.05) is 36.2 Å². The average Bonchev–Trinajstić information content (AvgIpc) is 2.45. The van der Waals surface area contributed by atoms with Crippen LogP contribution in [-0.4, -0.2) is 35.6 Å². The number of anilines is 2. The standard InChI is InChI=1S/C13H21F3N4S/c1-17-12-19-10(13(14,15)16)9-11(20-12)18-7-5-3-4-6-8-21-2/h9H,3-8H2,1-2H3,(H2,17,18,19,20). The lowest BCUT2D eigenvalue weighted by Crippen LogP contribution is -2.13. The molecular formula is C13H21F3N4S. The second kappa shape index (κ2) is 8.96. The first-order valence-electron chi connectivity index (χ1n) is 6.84. The fourth-order valence-electron chi connectivity index (χ4n) is 1.74. The molecule has 21 heavy (non-hydrogen) atoms. The number of thioether (sulfide) groups is 1. The van der Waals surface area contributed by atoms with Gasteiger partial charge in [-0.15, -0.1) is 0 Å². The first-order valence-corrected chi connectivity index (χ1v) is 8.23. The molecule has 1 aromatic heterocycles. The van der Waals surface area contributed by atoms with Gasteiger partial charge in [-0.05, 0) is 24.9 Å². The minimum Gasteiger partial charge on any atom is -0.370 e. The van der Waals surface area contributed by atoms with E-state index in [0.717, 1.165) is 31.1 Å². The molecule has 0 spiro atoms. The first kappa shape index (κ1) is 17.9. The molecule has 0 aromatic carbocycles. The van der Waals surface area contributed by atoms with E-state index in [1.165, 1.54) is 13.5 Å². The zero-order valence-corrected chi connectivity index (χ0v) is 13.1. The molecule has 0 fully saturated rings. The molecule has 4 nitrogen and oxygen atoms in total. The van der Waals surface area contributed by atoms with E-state index in [9.17, 15) is 13.2 Å². The minimum atomic E-state index is -4.47. The third-order valence-corrected chi connectivity index (χ3v) is 3.52. The monoisotopic (exact) mass is 322 g/mol. The smallest absolute Gasteiger partial charge is 0.370 e. The van der Waals surface area contributed by atoms with Crippen molar-refractivity contribution in [1.29, 1.82) is 0 Å². The molecule has 1 rings (SSSR count). The zero-order valence-electron chi connectivity index (χ0n) is 12.3. The highest BCUT2D eigenvalue weighted by molar-refractivity contribution is 7.98. The van der Waals surface area contributed by atoms with Crippen molar-refractivity contribution in [2.45, 2.75) is 31.9 Å². The molecule has 0 atom stereocenters. The molecule has 1 heterocycles. The van der Waals surface area contributed by atoms with Gasteiger partial charge >= 0.3 is 6.18 Å². The number of nitrogens with zero attached hydrogens (tertiary/aromatic N) is 2. The molecule has 1 aromatic rings. The van der Waals surface area contributed by atoms with Crippen LogP contribution in [0.15, 0.2) is 6.07 Å². The lowest BCUT2D eigenvalue weighted by Gasteiger charge is -2.11. The molecule has 0 bridgehead atoms. The molecular weight excluding hydrogens is 301 g/mol. The van der Waals surface area contributed by atoms with Gasteiger partial charge in [-0.3, -0.25) is 0 Å². The summed E-state index contributed by atoms with van der Waals surface area (Å²) in [5.41, 5.74) is -0.940. The Kier molecular flexibility index (Phi) is 7.63. The summed E-state index contributed by atoms with van der Waals surface area (Å²) < 4.78 is 38.1. The summed E-state index contributed by atoms with van der Waals surface area (Å²) in [6.45, 7) is 0.608. The van der Waals surface area contributed by atoms with Crippen LogP contribution in [0, 0.1) is 0 Å². The molecule has 0 aliphatic rings. The van der Waals surface area contributed by atoms with Gasteiger partial charge in [-0.2, -0.15) is 29.9 Å². The third kappa shape index (κ3) is 6.88. The van der Waals surface area contributed by atoms with E-state index in [0.29, 0.717) is 6.54 Å². The van der Waals surface area contributed by atoms with Gasteiger partial charge in [0.1, 0.15) is 5.82 Å². The van der Waals surface area contributed by atoms with E-state index >= 15 is 0 Å². The van der Waals surface area contributed by atoms with Gasteiger partial charge in [-0.1, -0.05) is 12.8 Å². The van der Waals surface area contributed by atoms with Crippen molar-refractivity contribution in [2.24, 2.45) is 0 Å². The maximum absolute atomic E-state index is 12.7. The minimum absolute atomic E-state index is 0.0349. The van der Waals surface area contributed by atoms with Crippen molar-refractivity contribution in [1.82, 2.24) is 9.97 Å². The summed E-state index contributed by atoms with van der Waals surface area (Å²) in [7, 11) is 1.49. The Morgan fingerprint density at radius 3 is 2.48 bits per heavy atom. The Bertz CT molecular complexity index is 426. The highest BCUT2D eigenvalue weighted by atomic mass is 32.2. The number of hydrogen-bond acceptors (Lipinski definition) is 5. The van der Waals surface area contributed by atoms with Crippen LogP contribution in [0.3, 0.4) is 0 Å². The van der Waals surface area contributed by atoms with Gasteiger partial charge in [0.2, 0.25) is 5.95 Å². The number of nitrogens with one attached hydrogen (secondary N) is 2. The summed E-state index contributed by atoms with van der Waals surface area (Å²) >= 11 is 1.82. The fourth-order valence-corrected chi connectivity index (χ4v) is 2.23. The SMILES string of the molecule is CNc1nc(NCCCCCCSC)cc(C(F)(F)F)n1. The van der Waals surface area contributed by atoms with Crippen LogP contribution in [0.4, 0.5) is 24.9 Å². The predicted octanol–water partition coefficient (Wildman–Crippen LogP) is 3.87. The third-order valence-electron chi connectivity index (χ3n) is 2.82. The number of halogens is 3. The lowest BCUT2D eigenvalue weighted by atomic mass is 10.2. The Labute approximate surface area is 127 Å². The zero-order chi connectivity index (χ0) is 15.7. The van der Waals surface area contributed by atoms with E-state index in [4.69, 9.17) is 0 Å². The van der Waals surface area contributed by atoms with Crippen molar-refractivity contribution in [3.8, 4) is 0 Å². The molecule has 0 amide bonds. The maximum atomic E-state index is 12.7. The molecule has 0 unspecified atom stereocenters. The topological polar surface area (TPSA) is 49.8 Å². The Balaban J connectivity index is 2.47. The Morgan fingerprint density at radius 1 is 1.14 bits per heavy atom. The fraction of sp³-hybridized carbons (Fsp3) is 0.692. The molecule has 0 aliphatic carbocycles. The van der Waals surface area contributed by atoms with Gasteiger partial charge in [0.15, 0.2) is 5.69 Å². The highest BCUT2D eigenvalue weighted by Crippen LogP contribution is 2.29. The van der Waals surface area contributed by atoms with Gasteiger partial charge < -0.3 is 10.6 Å². The summed E-state index contributed by atoms with van der Waals surface area (Å²) in [5, 5.41) is 5.47. The molecule has 8 heteroatoms. The van der Waals surface area contributed by atoms with Gasteiger partial charge in [-0.25, -0.2) is 4.98 Å². The van der Waals surface area contributed by atoms with Gasteiger partial charge in [0.05, 0.1) is 0 Å². The van der Waals surface area contributed by atoms with Crippen LogP contribution in [-0.2, 0) is 6.18 Å². The quantitative estimate of drug-likeness (QED) is 0.676.